The number of nitrogens with zero attached hydrogens (tertiary/aromatic N) is 3. The zero-order valence-corrected chi connectivity index (χ0v) is 16.6. The van der Waals surface area contributed by atoms with Gasteiger partial charge in [-0.05, 0) is 36.1 Å². The van der Waals surface area contributed by atoms with Gasteiger partial charge in [-0.2, -0.15) is 4.31 Å². The summed E-state index contributed by atoms with van der Waals surface area (Å²) in [7, 11) is -2.24. The molecule has 1 aromatic carbocycles. The van der Waals surface area contributed by atoms with Crippen LogP contribution in [-0.4, -0.2) is 41.8 Å². The summed E-state index contributed by atoms with van der Waals surface area (Å²) in [6.45, 7) is 1.62. The molecule has 0 saturated heterocycles. The second-order valence-corrected chi connectivity index (χ2v) is 9.26. The highest BCUT2D eigenvalue weighted by molar-refractivity contribution is 7.91. The Morgan fingerprint density at radius 3 is 2.63 bits per heavy atom. The molecule has 0 bridgehead atoms. The number of hydrogen-bond acceptors (Lipinski definition) is 5. The zero-order chi connectivity index (χ0) is 19.4. The lowest BCUT2D eigenvalue weighted by Gasteiger charge is -2.19. The molecular formula is C18H20N4O3S2. The van der Waals surface area contributed by atoms with Crippen LogP contribution in [0.3, 0.4) is 0 Å². The summed E-state index contributed by atoms with van der Waals surface area (Å²) >= 11 is 1.13. The molecule has 1 amide bonds. The van der Waals surface area contributed by atoms with Crippen molar-refractivity contribution in [2.75, 3.05) is 13.6 Å². The largest absolute Gasteiger partial charge is 0.348 e. The lowest BCUT2D eigenvalue weighted by atomic mass is 10.1. The lowest BCUT2D eigenvalue weighted by Crippen LogP contribution is -2.39. The molecule has 0 aliphatic rings. The first-order valence-corrected chi connectivity index (χ1v) is 10.6. The molecule has 0 radical (unpaired) electrons. The number of carbonyl (C=O) groups excluding carboxylic acids is 1. The summed E-state index contributed by atoms with van der Waals surface area (Å²) < 4.78 is 27.9. The molecule has 3 rings (SSSR count). The van der Waals surface area contributed by atoms with E-state index in [0.717, 1.165) is 26.9 Å². The lowest BCUT2D eigenvalue weighted by molar-refractivity contribution is -0.121. The molecule has 0 aliphatic carbocycles. The number of imidazole rings is 1. The maximum atomic E-state index is 12.4. The topological polar surface area (TPSA) is 84.3 Å². The summed E-state index contributed by atoms with van der Waals surface area (Å²) in [5.41, 5.74) is 1.90. The summed E-state index contributed by atoms with van der Waals surface area (Å²) in [6, 6.07) is 10.7. The number of thiophene rings is 1. The first-order valence-electron chi connectivity index (χ1n) is 8.25. The van der Waals surface area contributed by atoms with E-state index in [1.165, 1.54) is 13.1 Å². The SMILES string of the molecule is C[C@@H](NC(=O)CN(C)S(=O)(=O)c1cccs1)c1ccc(-n2ccnc2)cc1. The van der Waals surface area contributed by atoms with Crippen molar-refractivity contribution < 1.29 is 13.2 Å². The van der Waals surface area contributed by atoms with Crippen molar-refractivity contribution in [2.45, 2.75) is 17.2 Å². The number of likely N-dealkylation sites (N-methyl/N-ethyl adjacent to an activating group) is 1. The molecule has 0 aliphatic heterocycles. The highest BCUT2D eigenvalue weighted by atomic mass is 32.2. The van der Waals surface area contributed by atoms with Gasteiger partial charge in [0.2, 0.25) is 5.91 Å². The van der Waals surface area contributed by atoms with E-state index in [2.05, 4.69) is 10.3 Å². The average Bonchev–Trinajstić information content (AvgIpc) is 3.35. The molecular weight excluding hydrogens is 384 g/mol. The Kier molecular flexibility index (Phi) is 5.73. The molecule has 1 N–H and O–H groups in total. The van der Waals surface area contributed by atoms with Gasteiger partial charge in [0, 0.05) is 25.1 Å². The Morgan fingerprint density at radius 1 is 1.30 bits per heavy atom. The van der Waals surface area contributed by atoms with Crippen LogP contribution in [0.25, 0.3) is 5.69 Å². The molecule has 2 aromatic heterocycles. The summed E-state index contributed by atoms with van der Waals surface area (Å²) in [4.78, 5) is 16.3. The normalized spacial score (nSPS) is 12.9. The van der Waals surface area contributed by atoms with Crippen LogP contribution >= 0.6 is 11.3 Å². The van der Waals surface area contributed by atoms with Gasteiger partial charge in [-0.15, -0.1) is 11.3 Å². The van der Waals surface area contributed by atoms with Gasteiger partial charge in [-0.3, -0.25) is 4.79 Å². The fourth-order valence-corrected chi connectivity index (χ4v) is 4.90. The highest BCUT2D eigenvalue weighted by Gasteiger charge is 2.24. The first-order chi connectivity index (χ1) is 12.9. The average molecular weight is 405 g/mol. The second kappa shape index (κ2) is 8.03. The zero-order valence-electron chi connectivity index (χ0n) is 14.9. The van der Waals surface area contributed by atoms with Crippen LogP contribution in [-0.2, 0) is 14.8 Å². The van der Waals surface area contributed by atoms with Gasteiger partial charge < -0.3 is 9.88 Å². The molecule has 2 heterocycles. The van der Waals surface area contributed by atoms with Gasteiger partial charge in [0.25, 0.3) is 10.0 Å². The van der Waals surface area contributed by atoms with Crippen molar-refractivity contribution in [3.05, 3.63) is 66.1 Å². The number of aromatic nitrogens is 2. The second-order valence-electron chi connectivity index (χ2n) is 6.04. The van der Waals surface area contributed by atoms with Crippen LogP contribution < -0.4 is 5.32 Å². The molecule has 9 heteroatoms. The molecule has 27 heavy (non-hydrogen) atoms. The molecule has 1 atom stereocenters. The fourth-order valence-electron chi connectivity index (χ4n) is 2.57. The van der Waals surface area contributed by atoms with Crippen LogP contribution in [0.15, 0.2) is 64.7 Å². The van der Waals surface area contributed by atoms with Gasteiger partial charge in [0.1, 0.15) is 4.21 Å². The summed E-state index contributed by atoms with van der Waals surface area (Å²) in [6.07, 6.45) is 5.27. The molecule has 3 aromatic rings. The van der Waals surface area contributed by atoms with Crippen LogP contribution in [0.4, 0.5) is 0 Å². The van der Waals surface area contributed by atoms with Gasteiger partial charge >= 0.3 is 0 Å². The maximum Gasteiger partial charge on any atom is 0.252 e. The van der Waals surface area contributed by atoms with E-state index in [1.54, 1.807) is 24.0 Å². The monoisotopic (exact) mass is 404 g/mol. The van der Waals surface area contributed by atoms with Crippen molar-refractivity contribution in [1.82, 2.24) is 19.2 Å². The van der Waals surface area contributed by atoms with Crippen LogP contribution in [0.1, 0.15) is 18.5 Å². The first kappa shape index (κ1) is 19.3. The van der Waals surface area contributed by atoms with E-state index in [1.807, 2.05) is 42.0 Å². The van der Waals surface area contributed by atoms with E-state index < -0.39 is 10.0 Å². The quantitative estimate of drug-likeness (QED) is 0.655. The predicted octanol–water partition coefficient (Wildman–Crippen LogP) is 2.43. The minimum Gasteiger partial charge on any atom is -0.348 e. The number of carbonyl (C=O) groups is 1. The van der Waals surface area contributed by atoms with Crippen LogP contribution in [0.2, 0.25) is 0 Å². The Morgan fingerprint density at radius 2 is 2.04 bits per heavy atom. The number of rotatable bonds is 7. The van der Waals surface area contributed by atoms with Gasteiger partial charge in [0.15, 0.2) is 0 Å². The highest BCUT2D eigenvalue weighted by Crippen LogP contribution is 2.20. The molecule has 0 spiro atoms. The summed E-state index contributed by atoms with van der Waals surface area (Å²) in [5.74, 6) is -0.358. The van der Waals surface area contributed by atoms with Gasteiger partial charge in [0.05, 0.1) is 18.9 Å². The van der Waals surface area contributed by atoms with Gasteiger partial charge in [-0.1, -0.05) is 18.2 Å². The van der Waals surface area contributed by atoms with Crippen molar-refractivity contribution in [2.24, 2.45) is 0 Å². The number of hydrogen-bond donors (Lipinski definition) is 1. The van der Waals surface area contributed by atoms with Crippen molar-refractivity contribution >= 4 is 27.3 Å². The molecule has 0 unspecified atom stereocenters. The van der Waals surface area contributed by atoms with E-state index >= 15 is 0 Å². The standard InChI is InChI=1S/C18H20N4O3S2/c1-14(15-5-7-16(8-6-15)22-10-9-19-13-22)20-17(23)12-21(2)27(24,25)18-4-3-11-26-18/h3-11,13-14H,12H2,1-2H3,(H,20,23)/t14-/m1/s1. The van der Waals surface area contributed by atoms with Crippen molar-refractivity contribution in [1.29, 1.82) is 0 Å². The molecule has 0 saturated carbocycles. The van der Waals surface area contributed by atoms with Crippen LogP contribution in [0.5, 0.6) is 0 Å². The Hall–Kier alpha value is -2.49. The molecule has 7 nitrogen and oxygen atoms in total. The van der Waals surface area contributed by atoms with Crippen molar-refractivity contribution in [3.8, 4) is 5.69 Å². The smallest absolute Gasteiger partial charge is 0.252 e. The minimum atomic E-state index is -3.64. The summed E-state index contributed by atoms with van der Waals surface area (Å²) in [5, 5.41) is 4.53. The Bertz CT molecular complexity index is 982. The number of sulfonamides is 1. The minimum absolute atomic E-state index is 0.223. The predicted molar refractivity (Wildman–Crippen MR) is 104 cm³/mol. The molecule has 0 fully saturated rings. The fraction of sp³-hybridized carbons (Fsp3) is 0.222. The third kappa shape index (κ3) is 4.44. The molecule has 142 valence electrons. The van der Waals surface area contributed by atoms with Crippen LogP contribution in [0, 0.1) is 0 Å². The van der Waals surface area contributed by atoms with E-state index in [4.69, 9.17) is 0 Å². The van der Waals surface area contributed by atoms with E-state index in [-0.39, 0.29) is 22.7 Å². The Labute approximate surface area is 162 Å². The maximum absolute atomic E-state index is 12.4. The number of amides is 1. The third-order valence-electron chi connectivity index (χ3n) is 4.10. The van der Waals surface area contributed by atoms with E-state index in [9.17, 15) is 13.2 Å². The van der Waals surface area contributed by atoms with E-state index in [0.29, 0.717) is 0 Å². The third-order valence-corrected chi connectivity index (χ3v) is 7.28. The van der Waals surface area contributed by atoms with Gasteiger partial charge in [-0.25, -0.2) is 13.4 Å². The number of benzene rings is 1. The Balaban J connectivity index is 1.60. The van der Waals surface area contributed by atoms with Crippen molar-refractivity contribution in [3.63, 3.8) is 0 Å². The number of nitrogens with one attached hydrogen (secondary N) is 1.